The van der Waals surface area contributed by atoms with Gasteiger partial charge >= 0.3 is 5.97 Å². The summed E-state index contributed by atoms with van der Waals surface area (Å²) in [4.78, 5) is 14.4. The molecule has 1 aliphatic heterocycles. The molecule has 1 heterocycles. The molecule has 116 valence electrons. The van der Waals surface area contributed by atoms with Crippen LogP contribution in [0, 0.1) is 5.92 Å². The predicted octanol–water partition coefficient (Wildman–Crippen LogP) is 2.94. The number of piperidine rings is 1. The molecular weight excluding hydrogens is 264 g/mol. The lowest BCUT2D eigenvalue weighted by Crippen LogP contribution is -2.43. The van der Waals surface area contributed by atoms with E-state index in [2.05, 4.69) is 18.7 Å². The maximum Gasteiger partial charge on any atom is 0.340 e. The molecule has 21 heavy (non-hydrogen) atoms. The quantitative estimate of drug-likeness (QED) is 0.669. The molecule has 2 unspecified atom stereocenters. The normalized spacial score (nSPS) is 23.0. The van der Waals surface area contributed by atoms with E-state index in [1.807, 2.05) is 6.07 Å². The number of hydrogen-bond acceptors (Lipinski definition) is 4. The largest absolute Gasteiger partial charge is 0.461 e. The Hall–Kier alpha value is -1.55. The van der Waals surface area contributed by atoms with Crippen molar-refractivity contribution >= 4 is 11.7 Å². The first-order valence-corrected chi connectivity index (χ1v) is 7.87. The van der Waals surface area contributed by atoms with Crippen molar-refractivity contribution in [1.82, 2.24) is 4.90 Å². The molecule has 1 saturated heterocycles. The van der Waals surface area contributed by atoms with Crippen molar-refractivity contribution in [1.29, 1.82) is 0 Å². The van der Waals surface area contributed by atoms with Crippen LogP contribution in [-0.2, 0) is 4.74 Å². The number of esters is 1. The van der Waals surface area contributed by atoms with Crippen molar-refractivity contribution in [2.45, 2.75) is 39.2 Å². The summed E-state index contributed by atoms with van der Waals surface area (Å²) in [7, 11) is 0. The van der Waals surface area contributed by atoms with E-state index in [1.165, 1.54) is 19.3 Å². The first-order chi connectivity index (χ1) is 10.1. The van der Waals surface area contributed by atoms with E-state index in [9.17, 15) is 4.79 Å². The highest BCUT2D eigenvalue weighted by Crippen LogP contribution is 2.23. The molecule has 0 aliphatic carbocycles. The molecule has 4 heteroatoms. The number of carbonyl (C=O) groups is 1. The van der Waals surface area contributed by atoms with Crippen molar-refractivity contribution in [2.75, 3.05) is 25.4 Å². The molecule has 1 aliphatic rings. The zero-order valence-corrected chi connectivity index (χ0v) is 13.0. The molecule has 2 rings (SSSR count). The molecule has 0 amide bonds. The number of hydrogen-bond donors (Lipinski definition) is 1. The summed E-state index contributed by atoms with van der Waals surface area (Å²) in [6.45, 7) is 6.84. The number of para-hydroxylation sites is 1. The zero-order valence-electron chi connectivity index (χ0n) is 13.0. The van der Waals surface area contributed by atoms with Crippen LogP contribution in [0.25, 0.3) is 0 Å². The SMILES string of the molecule is CCC1CCC(C)N(CCOC(=O)c2ccccc2N)C1. The Morgan fingerprint density at radius 1 is 1.38 bits per heavy atom. The topological polar surface area (TPSA) is 55.6 Å². The van der Waals surface area contributed by atoms with E-state index in [1.54, 1.807) is 18.2 Å². The van der Waals surface area contributed by atoms with Crippen molar-refractivity contribution < 1.29 is 9.53 Å². The van der Waals surface area contributed by atoms with Crippen LogP contribution in [0.1, 0.15) is 43.5 Å². The van der Waals surface area contributed by atoms with Crippen molar-refractivity contribution in [3.05, 3.63) is 29.8 Å². The van der Waals surface area contributed by atoms with Crippen LogP contribution in [-0.4, -0.2) is 36.6 Å². The molecule has 4 nitrogen and oxygen atoms in total. The molecule has 1 fully saturated rings. The third-order valence-corrected chi connectivity index (χ3v) is 4.48. The molecule has 1 aromatic carbocycles. The Labute approximate surface area is 127 Å². The minimum atomic E-state index is -0.329. The fourth-order valence-corrected chi connectivity index (χ4v) is 2.92. The Morgan fingerprint density at radius 2 is 2.14 bits per heavy atom. The number of ether oxygens (including phenoxy) is 1. The number of nitrogens with two attached hydrogens (primary N) is 1. The highest BCUT2D eigenvalue weighted by Gasteiger charge is 2.24. The van der Waals surface area contributed by atoms with Gasteiger partial charge in [0.1, 0.15) is 6.61 Å². The molecule has 0 bridgehead atoms. The van der Waals surface area contributed by atoms with E-state index in [0.29, 0.717) is 23.9 Å². The second-order valence-electron chi connectivity index (χ2n) is 5.92. The fraction of sp³-hybridized carbons (Fsp3) is 0.588. The van der Waals surface area contributed by atoms with Crippen LogP contribution < -0.4 is 5.73 Å². The summed E-state index contributed by atoms with van der Waals surface area (Å²) in [5.41, 5.74) is 6.71. The van der Waals surface area contributed by atoms with Gasteiger partial charge in [0.25, 0.3) is 0 Å². The summed E-state index contributed by atoms with van der Waals surface area (Å²) in [6.07, 6.45) is 3.77. The Bertz CT molecular complexity index is 476. The van der Waals surface area contributed by atoms with Gasteiger partial charge in [0.2, 0.25) is 0 Å². The molecular formula is C17H26N2O2. The second-order valence-corrected chi connectivity index (χ2v) is 5.92. The van der Waals surface area contributed by atoms with E-state index in [-0.39, 0.29) is 5.97 Å². The summed E-state index contributed by atoms with van der Waals surface area (Å²) >= 11 is 0. The predicted molar refractivity (Wildman–Crippen MR) is 85.2 cm³/mol. The number of carbonyl (C=O) groups excluding carboxylic acids is 1. The zero-order chi connectivity index (χ0) is 15.2. The maximum atomic E-state index is 12.0. The summed E-state index contributed by atoms with van der Waals surface area (Å²) < 4.78 is 5.37. The van der Waals surface area contributed by atoms with Gasteiger partial charge in [-0.2, -0.15) is 0 Å². The average Bonchev–Trinajstić information content (AvgIpc) is 2.49. The molecule has 0 spiro atoms. The fourth-order valence-electron chi connectivity index (χ4n) is 2.92. The number of nitrogens with zero attached hydrogens (tertiary/aromatic N) is 1. The first-order valence-electron chi connectivity index (χ1n) is 7.87. The standard InChI is InChI=1S/C17H26N2O2/c1-3-14-9-8-13(2)19(12-14)10-11-21-17(20)15-6-4-5-7-16(15)18/h4-7,13-14H,3,8-12,18H2,1-2H3. The number of rotatable bonds is 5. The summed E-state index contributed by atoms with van der Waals surface area (Å²) in [6, 6.07) is 7.61. The Morgan fingerprint density at radius 3 is 2.86 bits per heavy atom. The van der Waals surface area contributed by atoms with Gasteiger partial charge in [-0.25, -0.2) is 4.79 Å². The van der Waals surface area contributed by atoms with Crippen LogP contribution in [0.5, 0.6) is 0 Å². The van der Waals surface area contributed by atoms with Crippen molar-refractivity contribution in [3.63, 3.8) is 0 Å². The van der Waals surface area contributed by atoms with Crippen molar-refractivity contribution in [3.8, 4) is 0 Å². The second kappa shape index (κ2) is 7.46. The monoisotopic (exact) mass is 290 g/mol. The van der Waals surface area contributed by atoms with E-state index in [4.69, 9.17) is 10.5 Å². The number of nitrogen functional groups attached to an aromatic ring is 1. The van der Waals surface area contributed by atoms with Gasteiger partial charge < -0.3 is 10.5 Å². The smallest absolute Gasteiger partial charge is 0.340 e. The van der Waals surface area contributed by atoms with Gasteiger partial charge in [0.15, 0.2) is 0 Å². The van der Waals surface area contributed by atoms with Gasteiger partial charge in [-0.15, -0.1) is 0 Å². The third kappa shape index (κ3) is 4.21. The van der Waals surface area contributed by atoms with Crippen LogP contribution in [0.15, 0.2) is 24.3 Å². The summed E-state index contributed by atoms with van der Waals surface area (Å²) in [5, 5.41) is 0. The maximum absolute atomic E-state index is 12.0. The molecule has 0 radical (unpaired) electrons. The number of anilines is 1. The van der Waals surface area contributed by atoms with Crippen LogP contribution in [0.3, 0.4) is 0 Å². The van der Waals surface area contributed by atoms with Crippen LogP contribution in [0.4, 0.5) is 5.69 Å². The van der Waals surface area contributed by atoms with E-state index >= 15 is 0 Å². The molecule has 1 aromatic rings. The van der Waals surface area contributed by atoms with Crippen LogP contribution in [0.2, 0.25) is 0 Å². The minimum absolute atomic E-state index is 0.329. The average molecular weight is 290 g/mol. The van der Waals surface area contributed by atoms with Gasteiger partial charge in [-0.05, 0) is 37.8 Å². The Kier molecular flexibility index (Phi) is 5.62. The third-order valence-electron chi connectivity index (χ3n) is 4.48. The van der Waals surface area contributed by atoms with Gasteiger partial charge in [0.05, 0.1) is 5.56 Å². The van der Waals surface area contributed by atoms with E-state index in [0.717, 1.165) is 19.0 Å². The number of benzene rings is 1. The minimum Gasteiger partial charge on any atom is -0.461 e. The van der Waals surface area contributed by atoms with Crippen LogP contribution >= 0.6 is 0 Å². The first kappa shape index (κ1) is 15.8. The lowest BCUT2D eigenvalue weighted by atomic mass is 9.92. The lowest BCUT2D eigenvalue weighted by molar-refractivity contribution is 0.0377. The Balaban J connectivity index is 1.81. The van der Waals surface area contributed by atoms with Gasteiger partial charge in [0, 0.05) is 24.8 Å². The summed E-state index contributed by atoms with van der Waals surface area (Å²) in [5.74, 6) is 0.450. The molecule has 2 N–H and O–H groups in total. The molecule has 0 saturated carbocycles. The lowest BCUT2D eigenvalue weighted by Gasteiger charge is -2.37. The molecule has 0 aromatic heterocycles. The highest BCUT2D eigenvalue weighted by atomic mass is 16.5. The van der Waals surface area contributed by atoms with Gasteiger partial charge in [-0.3, -0.25) is 4.90 Å². The van der Waals surface area contributed by atoms with Crippen molar-refractivity contribution in [2.24, 2.45) is 5.92 Å². The van der Waals surface area contributed by atoms with E-state index < -0.39 is 0 Å². The molecule has 2 atom stereocenters. The van der Waals surface area contributed by atoms with Gasteiger partial charge in [-0.1, -0.05) is 25.5 Å². The number of likely N-dealkylation sites (tertiary alicyclic amines) is 1. The highest BCUT2D eigenvalue weighted by molar-refractivity contribution is 5.94.